The molecule has 41 heavy (non-hydrogen) atoms. The van der Waals surface area contributed by atoms with Gasteiger partial charge in [-0.25, -0.2) is 14.2 Å². The number of aromatic carboxylic acids is 1. The van der Waals surface area contributed by atoms with Gasteiger partial charge in [-0.05, 0) is 69.9 Å². The molecular weight excluding hydrogens is 521 g/mol. The summed E-state index contributed by atoms with van der Waals surface area (Å²) < 4.78 is 15.5. The first-order chi connectivity index (χ1) is 19.9. The van der Waals surface area contributed by atoms with E-state index in [1.807, 2.05) is 30.3 Å². The van der Waals surface area contributed by atoms with E-state index in [1.165, 1.54) is 34.9 Å². The zero-order valence-corrected chi connectivity index (χ0v) is 21.5. The number of rotatable bonds is 7. The van der Waals surface area contributed by atoms with Gasteiger partial charge in [0.05, 0.1) is 17.3 Å². The lowest BCUT2D eigenvalue weighted by molar-refractivity contribution is 0.0696. The maximum absolute atomic E-state index is 14.0. The van der Waals surface area contributed by atoms with Gasteiger partial charge in [0.25, 0.3) is 5.91 Å². The lowest BCUT2D eigenvalue weighted by Crippen LogP contribution is -2.26. The SMILES string of the molecule is O=C(O)c1ccc(CNC(=O)c2cc(-c3cccc(F)c3)cc3cnc(C(=O)c4ccc5ccccc5c4)n23)cc1. The number of nitrogens with zero attached hydrogens (tertiary/aromatic N) is 2. The number of carboxylic acids is 1. The highest BCUT2D eigenvalue weighted by atomic mass is 19.1. The van der Waals surface area contributed by atoms with Crippen LogP contribution in [0, 0.1) is 5.82 Å². The maximum atomic E-state index is 14.0. The van der Waals surface area contributed by atoms with Gasteiger partial charge in [0.1, 0.15) is 11.5 Å². The molecule has 0 aliphatic carbocycles. The summed E-state index contributed by atoms with van der Waals surface area (Å²) in [7, 11) is 0. The Bertz CT molecular complexity index is 1980. The van der Waals surface area contributed by atoms with E-state index in [0.29, 0.717) is 27.8 Å². The van der Waals surface area contributed by atoms with E-state index in [4.69, 9.17) is 5.11 Å². The molecule has 0 saturated carbocycles. The van der Waals surface area contributed by atoms with Crippen molar-refractivity contribution in [2.75, 3.05) is 0 Å². The lowest BCUT2D eigenvalue weighted by atomic mass is 10.0. The minimum Gasteiger partial charge on any atom is -0.478 e. The molecule has 6 aromatic rings. The summed E-state index contributed by atoms with van der Waals surface area (Å²) in [5, 5.41) is 13.9. The van der Waals surface area contributed by atoms with Crippen LogP contribution in [0.1, 0.15) is 42.6 Å². The number of hydrogen-bond donors (Lipinski definition) is 2. The summed E-state index contributed by atoms with van der Waals surface area (Å²) in [6, 6.07) is 28.6. The summed E-state index contributed by atoms with van der Waals surface area (Å²) in [5.74, 6) is -2.23. The van der Waals surface area contributed by atoms with Crippen LogP contribution in [0.2, 0.25) is 0 Å². The molecule has 8 heteroatoms. The minimum atomic E-state index is -1.04. The molecule has 0 atom stereocenters. The van der Waals surface area contributed by atoms with Crippen molar-refractivity contribution in [3.05, 3.63) is 143 Å². The summed E-state index contributed by atoms with van der Waals surface area (Å²) in [4.78, 5) is 42.8. The van der Waals surface area contributed by atoms with Gasteiger partial charge in [-0.2, -0.15) is 0 Å². The Kier molecular flexibility index (Phi) is 6.57. The van der Waals surface area contributed by atoms with Gasteiger partial charge >= 0.3 is 5.97 Å². The second-order valence-corrected chi connectivity index (χ2v) is 9.56. The van der Waals surface area contributed by atoms with Gasteiger partial charge in [-0.1, -0.05) is 60.7 Å². The van der Waals surface area contributed by atoms with Gasteiger partial charge in [0.15, 0.2) is 5.82 Å². The molecule has 1 amide bonds. The molecule has 0 radical (unpaired) electrons. The third-order valence-corrected chi connectivity index (χ3v) is 6.88. The molecule has 0 fully saturated rings. The summed E-state index contributed by atoms with van der Waals surface area (Å²) >= 11 is 0. The van der Waals surface area contributed by atoms with Gasteiger partial charge in [-0.3, -0.25) is 14.0 Å². The van der Waals surface area contributed by atoms with E-state index in [9.17, 15) is 18.8 Å². The van der Waals surface area contributed by atoms with Crippen LogP contribution in [-0.2, 0) is 6.54 Å². The molecule has 0 aliphatic heterocycles. The van der Waals surface area contributed by atoms with Crippen LogP contribution in [0.15, 0.2) is 109 Å². The number of nitrogens with one attached hydrogen (secondary N) is 1. The Hall–Kier alpha value is -5.63. The van der Waals surface area contributed by atoms with Gasteiger partial charge in [0, 0.05) is 12.1 Å². The normalized spacial score (nSPS) is 11.0. The zero-order valence-electron chi connectivity index (χ0n) is 21.5. The number of carbonyl (C=O) groups is 3. The average Bonchev–Trinajstić information content (AvgIpc) is 3.43. The van der Waals surface area contributed by atoms with E-state index in [-0.39, 0.29) is 29.4 Å². The number of carboxylic acid groups (broad SMARTS) is 1. The van der Waals surface area contributed by atoms with Crippen molar-refractivity contribution in [1.82, 2.24) is 14.7 Å². The van der Waals surface area contributed by atoms with Gasteiger partial charge in [-0.15, -0.1) is 0 Å². The summed E-state index contributed by atoms with van der Waals surface area (Å²) in [6.45, 7) is 0.118. The van der Waals surface area contributed by atoms with Crippen molar-refractivity contribution in [2.24, 2.45) is 0 Å². The molecule has 0 spiro atoms. The standard InChI is InChI=1S/C33H22FN3O4/c34-27-7-3-6-24(15-27)26-16-28-19-35-31(30(38)25-13-12-21-4-1-2-5-23(21)14-25)37(28)29(17-26)32(39)36-18-20-8-10-22(11-9-20)33(40)41/h1-17,19H,18H2,(H,36,39)(H,40,41). The zero-order chi connectivity index (χ0) is 28.5. The third kappa shape index (κ3) is 5.06. The average molecular weight is 544 g/mol. The van der Waals surface area contributed by atoms with E-state index in [1.54, 1.807) is 48.5 Å². The Morgan fingerprint density at radius 3 is 2.29 bits per heavy atom. The van der Waals surface area contributed by atoms with Crippen molar-refractivity contribution in [3.8, 4) is 11.1 Å². The number of carbonyl (C=O) groups excluding carboxylic acids is 2. The van der Waals surface area contributed by atoms with Crippen LogP contribution in [0.5, 0.6) is 0 Å². The topological polar surface area (TPSA) is 101 Å². The first-order valence-corrected chi connectivity index (χ1v) is 12.8. The molecule has 7 nitrogen and oxygen atoms in total. The molecule has 0 unspecified atom stereocenters. The summed E-state index contributed by atoms with van der Waals surface area (Å²) in [5.41, 5.74) is 3.04. The Balaban J connectivity index is 1.41. The fourth-order valence-electron chi connectivity index (χ4n) is 4.79. The molecule has 0 aliphatic rings. The maximum Gasteiger partial charge on any atom is 0.335 e. The Morgan fingerprint density at radius 2 is 1.54 bits per heavy atom. The summed E-state index contributed by atoms with van der Waals surface area (Å²) in [6.07, 6.45) is 1.51. The largest absolute Gasteiger partial charge is 0.478 e. The second-order valence-electron chi connectivity index (χ2n) is 9.56. The van der Waals surface area contributed by atoms with Gasteiger partial charge < -0.3 is 10.4 Å². The molecule has 0 bridgehead atoms. The highest BCUT2D eigenvalue weighted by Crippen LogP contribution is 2.26. The van der Waals surface area contributed by atoms with Crippen LogP contribution in [0.3, 0.4) is 0 Å². The van der Waals surface area contributed by atoms with E-state index in [2.05, 4.69) is 10.3 Å². The highest BCUT2D eigenvalue weighted by Gasteiger charge is 2.22. The fourth-order valence-corrected chi connectivity index (χ4v) is 4.79. The molecule has 4 aromatic carbocycles. The van der Waals surface area contributed by atoms with Crippen molar-refractivity contribution in [1.29, 1.82) is 0 Å². The fraction of sp³-hybridized carbons (Fsp3) is 0.0303. The van der Waals surface area contributed by atoms with Crippen LogP contribution >= 0.6 is 0 Å². The number of benzene rings is 4. The van der Waals surface area contributed by atoms with Crippen molar-refractivity contribution >= 4 is 33.9 Å². The lowest BCUT2D eigenvalue weighted by Gasteiger charge is -2.13. The second kappa shape index (κ2) is 10.5. The molecular formula is C33H22FN3O4. The first kappa shape index (κ1) is 25.6. The Labute approximate surface area is 233 Å². The Morgan fingerprint density at radius 1 is 0.780 bits per heavy atom. The van der Waals surface area contributed by atoms with Crippen LogP contribution in [0.25, 0.3) is 27.4 Å². The molecule has 0 saturated heterocycles. The molecule has 2 heterocycles. The van der Waals surface area contributed by atoms with E-state index in [0.717, 1.165) is 10.8 Å². The van der Waals surface area contributed by atoms with Gasteiger partial charge in [0.2, 0.25) is 5.78 Å². The predicted octanol–water partition coefficient (Wildman–Crippen LogP) is 6.15. The smallest absolute Gasteiger partial charge is 0.335 e. The van der Waals surface area contributed by atoms with E-state index < -0.39 is 17.7 Å². The number of fused-ring (bicyclic) bond motifs is 2. The predicted molar refractivity (Wildman–Crippen MR) is 153 cm³/mol. The third-order valence-electron chi connectivity index (χ3n) is 6.88. The molecule has 2 N–H and O–H groups in total. The van der Waals surface area contributed by atoms with Crippen LogP contribution in [0.4, 0.5) is 4.39 Å². The number of ketones is 1. The quantitative estimate of drug-likeness (QED) is 0.235. The number of hydrogen-bond acceptors (Lipinski definition) is 4. The number of halogens is 1. The first-order valence-electron chi connectivity index (χ1n) is 12.8. The van der Waals surface area contributed by atoms with Crippen molar-refractivity contribution in [3.63, 3.8) is 0 Å². The number of amides is 1. The molecule has 2 aromatic heterocycles. The minimum absolute atomic E-state index is 0.0667. The molecule has 200 valence electrons. The monoisotopic (exact) mass is 543 g/mol. The van der Waals surface area contributed by atoms with Crippen molar-refractivity contribution in [2.45, 2.75) is 6.54 Å². The number of pyridine rings is 1. The number of aromatic nitrogens is 2. The number of imidazole rings is 1. The molecule has 6 rings (SSSR count). The van der Waals surface area contributed by atoms with E-state index >= 15 is 0 Å². The van der Waals surface area contributed by atoms with Crippen LogP contribution < -0.4 is 5.32 Å². The van der Waals surface area contributed by atoms with Crippen LogP contribution in [-0.4, -0.2) is 32.2 Å². The van der Waals surface area contributed by atoms with Crippen molar-refractivity contribution < 1.29 is 23.9 Å². The highest BCUT2D eigenvalue weighted by molar-refractivity contribution is 6.10.